The van der Waals surface area contributed by atoms with Crippen LogP contribution in [0.2, 0.25) is 0 Å². The Bertz CT molecular complexity index is 754. The molecule has 1 N–H and O–H groups in total. The van der Waals surface area contributed by atoms with Crippen molar-refractivity contribution in [2.75, 3.05) is 4.90 Å². The molecule has 0 saturated carbocycles. The van der Waals surface area contributed by atoms with Gasteiger partial charge in [-0.15, -0.1) is 0 Å². The molecule has 0 bridgehead atoms. The molecule has 4 nitrogen and oxygen atoms in total. The highest BCUT2D eigenvalue weighted by Crippen LogP contribution is 2.36. The SMILES string of the molecule is O=c1[nH]ncc(N2Cc3ccc(F)cc3C2)c1C(F)(F)F. The van der Waals surface area contributed by atoms with Crippen molar-refractivity contribution in [3.63, 3.8) is 0 Å². The Morgan fingerprint density at radius 2 is 1.90 bits per heavy atom. The Balaban J connectivity index is 2.05. The van der Waals surface area contributed by atoms with Gasteiger partial charge in [-0.2, -0.15) is 18.3 Å². The summed E-state index contributed by atoms with van der Waals surface area (Å²) in [4.78, 5) is 12.8. The van der Waals surface area contributed by atoms with E-state index >= 15 is 0 Å². The second-order valence-corrected chi connectivity index (χ2v) is 4.73. The second kappa shape index (κ2) is 4.57. The lowest BCUT2D eigenvalue weighted by Gasteiger charge is -2.21. The van der Waals surface area contributed by atoms with E-state index in [4.69, 9.17) is 0 Å². The molecule has 0 amide bonds. The van der Waals surface area contributed by atoms with Crippen LogP contribution in [-0.2, 0) is 19.3 Å². The van der Waals surface area contributed by atoms with Crippen LogP contribution in [0.25, 0.3) is 0 Å². The predicted octanol–water partition coefficient (Wildman–Crippen LogP) is 2.45. The summed E-state index contributed by atoms with van der Waals surface area (Å²) in [6.45, 7) is 0.269. The van der Waals surface area contributed by atoms with Crippen LogP contribution < -0.4 is 10.5 Å². The van der Waals surface area contributed by atoms with Gasteiger partial charge >= 0.3 is 6.18 Å². The molecule has 1 aromatic heterocycles. The predicted molar refractivity (Wildman–Crippen MR) is 66.1 cm³/mol. The zero-order valence-corrected chi connectivity index (χ0v) is 10.5. The average Bonchev–Trinajstić information content (AvgIpc) is 2.79. The Labute approximate surface area is 116 Å². The molecule has 2 aromatic rings. The molecule has 1 aromatic carbocycles. The summed E-state index contributed by atoms with van der Waals surface area (Å²) in [5, 5.41) is 5.22. The van der Waals surface area contributed by atoms with Crippen molar-refractivity contribution in [2.45, 2.75) is 19.3 Å². The summed E-state index contributed by atoms with van der Waals surface area (Å²) in [7, 11) is 0. The number of nitrogens with one attached hydrogen (secondary N) is 1. The number of nitrogens with zero attached hydrogens (tertiary/aromatic N) is 2. The number of benzene rings is 1. The summed E-state index contributed by atoms with van der Waals surface area (Å²) in [6, 6.07) is 4.06. The van der Waals surface area contributed by atoms with Gasteiger partial charge in [0.25, 0.3) is 5.56 Å². The molecule has 0 atom stereocenters. The van der Waals surface area contributed by atoms with Crippen LogP contribution in [0.5, 0.6) is 0 Å². The first-order chi connectivity index (χ1) is 9.86. The molecule has 110 valence electrons. The van der Waals surface area contributed by atoms with Crippen LogP contribution in [0, 0.1) is 5.82 Å². The lowest BCUT2D eigenvalue weighted by Crippen LogP contribution is -2.28. The van der Waals surface area contributed by atoms with Gasteiger partial charge in [-0.05, 0) is 23.3 Å². The highest BCUT2D eigenvalue weighted by molar-refractivity contribution is 5.56. The van der Waals surface area contributed by atoms with Crippen LogP contribution in [0.1, 0.15) is 16.7 Å². The van der Waals surface area contributed by atoms with Gasteiger partial charge in [-0.1, -0.05) is 6.07 Å². The van der Waals surface area contributed by atoms with Crippen LogP contribution >= 0.6 is 0 Å². The van der Waals surface area contributed by atoms with E-state index in [1.165, 1.54) is 23.1 Å². The van der Waals surface area contributed by atoms with Crippen molar-refractivity contribution in [1.29, 1.82) is 0 Å². The Hall–Kier alpha value is -2.38. The minimum Gasteiger partial charge on any atom is -0.361 e. The summed E-state index contributed by atoms with van der Waals surface area (Å²) in [6.07, 6.45) is -3.82. The maximum Gasteiger partial charge on any atom is 0.423 e. The first-order valence-electron chi connectivity index (χ1n) is 6.03. The van der Waals surface area contributed by atoms with E-state index in [0.29, 0.717) is 5.56 Å². The second-order valence-electron chi connectivity index (χ2n) is 4.73. The number of aromatic amines is 1. The van der Waals surface area contributed by atoms with E-state index in [0.717, 1.165) is 11.8 Å². The molecule has 0 unspecified atom stereocenters. The first kappa shape index (κ1) is 13.6. The molecular weight excluding hydrogens is 290 g/mol. The van der Waals surface area contributed by atoms with Crippen LogP contribution in [0.4, 0.5) is 23.2 Å². The van der Waals surface area contributed by atoms with Gasteiger partial charge in [0.2, 0.25) is 0 Å². The van der Waals surface area contributed by atoms with E-state index in [2.05, 4.69) is 5.10 Å². The Morgan fingerprint density at radius 1 is 1.19 bits per heavy atom. The smallest absolute Gasteiger partial charge is 0.361 e. The van der Waals surface area contributed by atoms with Gasteiger partial charge in [0, 0.05) is 13.1 Å². The molecule has 0 saturated heterocycles. The topological polar surface area (TPSA) is 49.0 Å². The molecule has 1 aliphatic heterocycles. The molecule has 0 aliphatic carbocycles. The average molecular weight is 299 g/mol. The van der Waals surface area contributed by atoms with E-state index in [1.807, 2.05) is 0 Å². The third-order valence-corrected chi connectivity index (χ3v) is 3.35. The van der Waals surface area contributed by atoms with Crippen molar-refractivity contribution < 1.29 is 17.6 Å². The Morgan fingerprint density at radius 3 is 2.62 bits per heavy atom. The maximum atomic E-state index is 13.2. The molecule has 0 fully saturated rings. The monoisotopic (exact) mass is 299 g/mol. The highest BCUT2D eigenvalue weighted by atomic mass is 19.4. The number of alkyl halides is 3. The Kier molecular flexibility index (Phi) is 2.96. The first-order valence-corrected chi connectivity index (χ1v) is 6.03. The van der Waals surface area contributed by atoms with Gasteiger partial charge in [-0.25, -0.2) is 9.49 Å². The standard InChI is InChI=1S/C13H9F4N3O/c14-9-2-1-7-5-20(6-8(7)3-9)10-4-18-19-12(21)11(10)13(15,16)17/h1-4H,5-6H2,(H,19,21). The number of anilines is 1. The van der Waals surface area contributed by atoms with Gasteiger partial charge in [0.1, 0.15) is 11.4 Å². The fourth-order valence-corrected chi connectivity index (χ4v) is 2.44. The normalized spacial score (nSPS) is 14.4. The number of hydrogen-bond acceptors (Lipinski definition) is 3. The number of rotatable bonds is 1. The van der Waals surface area contributed by atoms with Crippen molar-refractivity contribution >= 4 is 5.69 Å². The minimum absolute atomic E-state index is 0.0985. The maximum absolute atomic E-state index is 13.2. The highest BCUT2D eigenvalue weighted by Gasteiger charge is 2.39. The third-order valence-electron chi connectivity index (χ3n) is 3.35. The van der Waals surface area contributed by atoms with Gasteiger partial charge in [-0.3, -0.25) is 4.79 Å². The third kappa shape index (κ3) is 2.37. The van der Waals surface area contributed by atoms with E-state index in [-0.39, 0.29) is 18.8 Å². The molecule has 3 rings (SSSR count). The molecule has 1 aliphatic rings. The molecule has 21 heavy (non-hydrogen) atoms. The minimum atomic E-state index is -4.79. The lowest BCUT2D eigenvalue weighted by atomic mass is 10.1. The molecular formula is C13H9F4N3O. The molecule has 0 radical (unpaired) electrons. The zero-order valence-electron chi connectivity index (χ0n) is 10.5. The number of aromatic nitrogens is 2. The molecule has 2 heterocycles. The van der Waals surface area contributed by atoms with Crippen LogP contribution in [0.15, 0.2) is 29.2 Å². The van der Waals surface area contributed by atoms with E-state index in [1.54, 1.807) is 5.10 Å². The summed E-state index contributed by atoms with van der Waals surface area (Å²) < 4.78 is 52.2. The molecule has 8 heteroatoms. The summed E-state index contributed by atoms with van der Waals surface area (Å²) in [5.41, 5.74) is -1.55. The van der Waals surface area contributed by atoms with Crippen molar-refractivity contribution in [1.82, 2.24) is 10.2 Å². The van der Waals surface area contributed by atoms with Gasteiger partial charge < -0.3 is 4.90 Å². The van der Waals surface area contributed by atoms with Crippen molar-refractivity contribution in [2.24, 2.45) is 0 Å². The van der Waals surface area contributed by atoms with Crippen LogP contribution in [0.3, 0.4) is 0 Å². The number of H-pyrrole nitrogens is 1. The largest absolute Gasteiger partial charge is 0.423 e. The summed E-state index contributed by atoms with van der Waals surface area (Å²) in [5.74, 6) is -0.448. The number of halogens is 4. The van der Waals surface area contributed by atoms with Gasteiger partial charge in [0.05, 0.1) is 11.9 Å². The van der Waals surface area contributed by atoms with E-state index in [9.17, 15) is 22.4 Å². The van der Waals surface area contributed by atoms with Crippen molar-refractivity contribution in [3.05, 3.63) is 57.3 Å². The fourth-order valence-electron chi connectivity index (χ4n) is 2.44. The van der Waals surface area contributed by atoms with Crippen molar-refractivity contribution in [3.8, 4) is 0 Å². The number of fused-ring (bicyclic) bond motifs is 1. The lowest BCUT2D eigenvalue weighted by molar-refractivity contribution is -0.138. The quantitative estimate of drug-likeness (QED) is 0.823. The van der Waals surface area contributed by atoms with Gasteiger partial charge in [0.15, 0.2) is 0 Å². The summed E-state index contributed by atoms with van der Waals surface area (Å²) >= 11 is 0. The van der Waals surface area contributed by atoms with E-state index < -0.39 is 23.1 Å². The molecule has 0 spiro atoms. The fraction of sp³-hybridized carbons (Fsp3) is 0.231. The van der Waals surface area contributed by atoms with Crippen LogP contribution in [-0.4, -0.2) is 10.2 Å². The zero-order chi connectivity index (χ0) is 15.2. The number of hydrogen-bond donors (Lipinski definition) is 1.